The molecule has 1 fully saturated rings. The molecule has 0 aromatic heterocycles. The molecule has 0 spiro atoms. The third kappa shape index (κ3) is 5.96. The monoisotopic (exact) mass is 449 g/mol. The van der Waals surface area contributed by atoms with Gasteiger partial charge in [0, 0.05) is 12.2 Å². The average molecular weight is 450 g/mol. The van der Waals surface area contributed by atoms with Crippen LogP contribution in [0.3, 0.4) is 0 Å². The van der Waals surface area contributed by atoms with Gasteiger partial charge in [0.2, 0.25) is 5.91 Å². The van der Waals surface area contributed by atoms with E-state index in [0.717, 1.165) is 11.8 Å². The van der Waals surface area contributed by atoms with Crippen molar-refractivity contribution in [1.82, 2.24) is 5.32 Å². The summed E-state index contributed by atoms with van der Waals surface area (Å²) in [4.78, 5) is 12.6. The van der Waals surface area contributed by atoms with E-state index in [1.165, 1.54) is 12.1 Å². The quantitative estimate of drug-likeness (QED) is 0.548. The molecule has 0 aliphatic heterocycles. The fraction of sp³-hybridized carbons (Fsp3) is 0.409. The van der Waals surface area contributed by atoms with Gasteiger partial charge < -0.3 is 25.0 Å². The summed E-state index contributed by atoms with van der Waals surface area (Å²) in [6.45, 7) is 0.124. The van der Waals surface area contributed by atoms with Crippen molar-refractivity contribution in [2.24, 2.45) is 5.92 Å². The maximum absolute atomic E-state index is 12.4. The van der Waals surface area contributed by atoms with Crippen LogP contribution in [0.2, 0.25) is 0 Å². The van der Waals surface area contributed by atoms with Crippen molar-refractivity contribution in [3.8, 4) is 11.5 Å². The minimum absolute atomic E-state index is 0.124. The number of benzene rings is 2. The van der Waals surface area contributed by atoms with E-state index in [9.17, 15) is 23.4 Å². The summed E-state index contributed by atoms with van der Waals surface area (Å²) in [5, 5.41) is 23.5. The van der Waals surface area contributed by atoms with Crippen LogP contribution in [0.25, 0.3) is 0 Å². The Bertz CT molecular complexity index is 1010. The summed E-state index contributed by atoms with van der Waals surface area (Å²) in [7, 11) is -1.73. The molecule has 9 heteroatoms. The van der Waals surface area contributed by atoms with Gasteiger partial charge in [-0.25, -0.2) is 8.42 Å². The second kappa shape index (κ2) is 9.67. The number of hydrogen-bond donors (Lipinski definition) is 3. The highest BCUT2D eigenvalue weighted by atomic mass is 32.2. The van der Waals surface area contributed by atoms with Gasteiger partial charge in [-0.1, -0.05) is 12.1 Å². The maximum atomic E-state index is 12.4. The van der Waals surface area contributed by atoms with E-state index in [-0.39, 0.29) is 29.7 Å². The molecule has 8 nitrogen and oxygen atoms in total. The Morgan fingerprint density at radius 3 is 2.45 bits per heavy atom. The molecule has 1 saturated carbocycles. The van der Waals surface area contributed by atoms with E-state index >= 15 is 0 Å². The molecule has 31 heavy (non-hydrogen) atoms. The van der Waals surface area contributed by atoms with Crippen LogP contribution < -0.4 is 14.8 Å². The van der Waals surface area contributed by atoms with Gasteiger partial charge in [0.15, 0.2) is 9.84 Å². The summed E-state index contributed by atoms with van der Waals surface area (Å²) in [6, 6.07) is 12.6. The minimum Gasteiger partial charge on any atom is -0.497 e. The Morgan fingerprint density at radius 2 is 1.81 bits per heavy atom. The number of carbonyl (C=O) groups is 1. The van der Waals surface area contributed by atoms with E-state index < -0.39 is 28.1 Å². The number of sulfone groups is 1. The minimum atomic E-state index is -3.29. The first kappa shape index (κ1) is 23.1. The molecule has 0 saturated heterocycles. The number of carbonyl (C=O) groups excluding carboxylic acids is 1. The van der Waals surface area contributed by atoms with Crippen molar-refractivity contribution in [2.45, 2.75) is 36.0 Å². The summed E-state index contributed by atoms with van der Waals surface area (Å²) < 4.78 is 33.9. The van der Waals surface area contributed by atoms with Crippen molar-refractivity contribution < 1.29 is 32.9 Å². The molecule has 0 bridgehead atoms. The molecule has 3 rings (SSSR count). The van der Waals surface area contributed by atoms with Gasteiger partial charge in [-0.15, -0.1) is 0 Å². The van der Waals surface area contributed by atoms with E-state index in [2.05, 4.69) is 5.32 Å². The lowest BCUT2D eigenvalue weighted by Crippen LogP contribution is -2.43. The molecule has 4 atom stereocenters. The molecule has 0 radical (unpaired) electrons. The summed E-state index contributed by atoms with van der Waals surface area (Å²) in [5.74, 6) is 0.470. The summed E-state index contributed by atoms with van der Waals surface area (Å²) in [6.07, 6.45) is -0.535. The Kier molecular flexibility index (Phi) is 7.19. The molecule has 3 N–H and O–H groups in total. The highest BCUT2D eigenvalue weighted by molar-refractivity contribution is 7.90. The van der Waals surface area contributed by atoms with Crippen molar-refractivity contribution in [3.63, 3.8) is 0 Å². The molecule has 0 heterocycles. The van der Waals surface area contributed by atoms with Gasteiger partial charge in [-0.05, 0) is 48.4 Å². The Labute approximate surface area is 181 Å². The second-order valence-electron chi connectivity index (χ2n) is 7.73. The smallest absolute Gasteiger partial charge is 0.224 e. The van der Waals surface area contributed by atoms with Crippen LogP contribution in [0.4, 0.5) is 0 Å². The second-order valence-corrected chi connectivity index (χ2v) is 9.75. The molecule has 1 aliphatic rings. The number of rotatable bonds is 8. The lowest BCUT2D eigenvalue weighted by molar-refractivity contribution is -0.122. The molecule has 168 valence electrons. The number of nitrogens with one attached hydrogen (secondary N) is 1. The van der Waals surface area contributed by atoms with Crippen molar-refractivity contribution in [1.29, 1.82) is 0 Å². The average Bonchev–Trinajstić information content (AvgIpc) is 2.99. The molecule has 1 aliphatic carbocycles. The van der Waals surface area contributed by atoms with E-state index in [4.69, 9.17) is 9.47 Å². The first-order chi connectivity index (χ1) is 14.7. The normalized spacial score (nSPS) is 23.4. The van der Waals surface area contributed by atoms with Gasteiger partial charge in [0.1, 0.15) is 17.6 Å². The van der Waals surface area contributed by atoms with Crippen LogP contribution in [-0.4, -0.2) is 62.8 Å². The third-order valence-corrected chi connectivity index (χ3v) is 6.49. The SMILES string of the molecule is COc1cccc(CC(=O)NC2CC(COc3ccc(S(C)(=O)=O)cc3)C(O)C2O)c1. The number of amides is 1. The molecule has 2 aromatic rings. The van der Waals surface area contributed by atoms with Crippen molar-refractivity contribution in [3.05, 3.63) is 54.1 Å². The van der Waals surface area contributed by atoms with Crippen LogP contribution in [0.5, 0.6) is 11.5 Å². The fourth-order valence-electron chi connectivity index (χ4n) is 3.64. The molecular formula is C22H27NO7S. The zero-order valence-electron chi connectivity index (χ0n) is 17.4. The predicted octanol–water partition coefficient (Wildman–Crippen LogP) is 0.947. The van der Waals surface area contributed by atoms with Gasteiger partial charge in [0.25, 0.3) is 0 Å². The van der Waals surface area contributed by atoms with Crippen LogP contribution >= 0.6 is 0 Å². The van der Waals surface area contributed by atoms with Crippen LogP contribution in [-0.2, 0) is 21.1 Å². The third-order valence-electron chi connectivity index (χ3n) is 5.36. The highest BCUT2D eigenvalue weighted by Gasteiger charge is 2.42. The van der Waals surface area contributed by atoms with Gasteiger partial charge >= 0.3 is 0 Å². The molecule has 2 aromatic carbocycles. The van der Waals surface area contributed by atoms with Crippen LogP contribution in [0, 0.1) is 5.92 Å². The number of aliphatic hydroxyl groups excluding tert-OH is 2. The van der Waals surface area contributed by atoms with Crippen LogP contribution in [0.1, 0.15) is 12.0 Å². The van der Waals surface area contributed by atoms with E-state index in [0.29, 0.717) is 17.9 Å². The number of ether oxygens (including phenoxy) is 2. The van der Waals surface area contributed by atoms with Crippen LogP contribution in [0.15, 0.2) is 53.4 Å². The Hall–Kier alpha value is -2.62. The molecule has 1 amide bonds. The van der Waals surface area contributed by atoms with Gasteiger partial charge in [0.05, 0.1) is 37.2 Å². The topological polar surface area (TPSA) is 122 Å². The number of hydrogen-bond acceptors (Lipinski definition) is 7. The fourth-order valence-corrected chi connectivity index (χ4v) is 4.28. The maximum Gasteiger partial charge on any atom is 0.224 e. The van der Waals surface area contributed by atoms with Crippen molar-refractivity contribution >= 4 is 15.7 Å². The van der Waals surface area contributed by atoms with Crippen molar-refractivity contribution in [2.75, 3.05) is 20.0 Å². The zero-order chi connectivity index (χ0) is 22.6. The Morgan fingerprint density at radius 1 is 1.10 bits per heavy atom. The zero-order valence-corrected chi connectivity index (χ0v) is 18.2. The first-order valence-corrected chi connectivity index (χ1v) is 11.8. The lowest BCUT2D eigenvalue weighted by atomic mass is 10.1. The standard InChI is InChI=1S/C22H27NO7S/c1-29-17-5-3-4-14(10-17)11-20(24)23-19-12-15(21(25)22(19)26)13-30-16-6-8-18(9-7-16)31(2,27)28/h3-10,15,19,21-22,25-26H,11-13H2,1-2H3,(H,23,24). The molecular weight excluding hydrogens is 422 g/mol. The first-order valence-electron chi connectivity index (χ1n) is 9.88. The van der Waals surface area contributed by atoms with Gasteiger partial charge in [-0.2, -0.15) is 0 Å². The lowest BCUT2D eigenvalue weighted by Gasteiger charge is -2.18. The number of methoxy groups -OCH3 is 1. The van der Waals surface area contributed by atoms with E-state index in [1.54, 1.807) is 37.4 Å². The highest BCUT2D eigenvalue weighted by Crippen LogP contribution is 2.28. The summed E-state index contributed by atoms with van der Waals surface area (Å²) in [5.41, 5.74) is 0.780. The van der Waals surface area contributed by atoms with Gasteiger partial charge in [-0.3, -0.25) is 4.79 Å². The summed E-state index contributed by atoms with van der Waals surface area (Å²) >= 11 is 0. The number of aliphatic hydroxyl groups is 2. The predicted molar refractivity (Wildman–Crippen MR) is 114 cm³/mol. The largest absolute Gasteiger partial charge is 0.497 e. The molecule has 4 unspecified atom stereocenters. The van der Waals surface area contributed by atoms with E-state index in [1.807, 2.05) is 6.07 Å². The Balaban J connectivity index is 1.53.